The second kappa shape index (κ2) is 5.92. The van der Waals surface area contributed by atoms with E-state index in [2.05, 4.69) is 20.9 Å². The largest absolute Gasteiger partial charge is 0.481 e. The van der Waals surface area contributed by atoms with Crippen molar-refractivity contribution in [3.05, 3.63) is 40.1 Å². The molecule has 0 saturated carbocycles. The molecule has 0 bridgehead atoms. The van der Waals surface area contributed by atoms with Crippen LogP contribution in [0, 0.1) is 18.6 Å². The molecule has 4 nitrogen and oxygen atoms in total. The number of nitrogens with zero attached hydrogens (tertiary/aromatic N) is 2. The van der Waals surface area contributed by atoms with Gasteiger partial charge in [0.25, 0.3) is 0 Å². The summed E-state index contributed by atoms with van der Waals surface area (Å²) in [6, 6.07) is 2.28. The second-order valence-corrected chi connectivity index (χ2v) is 5.78. The van der Waals surface area contributed by atoms with Crippen LogP contribution in [-0.4, -0.2) is 26.4 Å². The first-order valence-electron chi connectivity index (χ1n) is 5.44. The summed E-state index contributed by atoms with van der Waals surface area (Å²) in [5.41, 5.74) is 0.245. The van der Waals surface area contributed by atoms with E-state index in [1.807, 2.05) is 0 Å². The molecule has 1 aromatic carbocycles. The predicted octanol–water partition coefficient (Wildman–Crippen LogP) is 3.40. The third-order valence-corrected chi connectivity index (χ3v) is 3.83. The van der Waals surface area contributed by atoms with Gasteiger partial charge in [-0.3, -0.25) is 9.36 Å². The van der Waals surface area contributed by atoms with Gasteiger partial charge < -0.3 is 5.11 Å². The number of halogens is 3. The molecule has 0 unspecified atom stereocenters. The molecule has 0 atom stereocenters. The Kier molecular flexibility index (Phi) is 4.44. The highest BCUT2D eigenvalue weighted by Gasteiger charge is 2.19. The van der Waals surface area contributed by atoms with Gasteiger partial charge in [-0.25, -0.2) is 13.8 Å². The first kappa shape index (κ1) is 15.0. The average molecular weight is 363 g/mol. The SMILES string of the molecule is Cc1cnc(SCC(=O)O)n1-c1c(F)cc(Br)cc1F. The van der Waals surface area contributed by atoms with Crippen molar-refractivity contribution in [1.29, 1.82) is 0 Å². The Morgan fingerprint density at radius 3 is 2.60 bits per heavy atom. The maximum absolute atomic E-state index is 14.0. The van der Waals surface area contributed by atoms with E-state index < -0.39 is 17.6 Å². The molecule has 0 radical (unpaired) electrons. The zero-order valence-corrected chi connectivity index (χ0v) is 12.6. The number of aliphatic carboxylic acids is 1. The van der Waals surface area contributed by atoms with E-state index >= 15 is 0 Å². The third kappa shape index (κ3) is 3.01. The maximum atomic E-state index is 14.0. The average Bonchev–Trinajstić information content (AvgIpc) is 2.67. The molecular formula is C12H9BrF2N2O2S. The lowest BCUT2D eigenvalue weighted by atomic mass is 10.3. The Bertz CT molecular complexity index is 652. The Balaban J connectivity index is 2.52. The van der Waals surface area contributed by atoms with Crippen molar-refractivity contribution >= 4 is 33.7 Å². The second-order valence-electron chi connectivity index (χ2n) is 3.92. The van der Waals surface area contributed by atoms with Crippen molar-refractivity contribution in [3.63, 3.8) is 0 Å². The number of carboxylic acids is 1. The number of imidazole rings is 1. The molecule has 1 aromatic heterocycles. The number of carbonyl (C=O) groups is 1. The van der Waals surface area contributed by atoms with Crippen molar-refractivity contribution < 1.29 is 18.7 Å². The highest BCUT2D eigenvalue weighted by molar-refractivity contribution is 9.10. The van der Waals surface area contributed by atoms with Crippen LogP contribution in [0.1, 0.15) is 5.69 Å². The van der Waals surface area contributed by atoms with Crippen LogP contribution in [0.5, 0.6) is 0 Å². The number of aromatic nitrogens is 2. The minimum atomic E-state index is -1.03. The van der Waals surface area contributed by atoms with Crippen LogP contribution < -0.4 is 0 Å². The third-order valence-electron chi connectivity index (χ3n) is 2.44. The summed E-state index contributed by atoms with van der Waals surface area (Å²) in [6.07, 6.45) is 1.44. The van der Waals surface area contributed by atoms with Gasteiger partial charge in [0.15, 0.2) is 16.8 Å². The molecule has 0 spiro atoms. The van der Waals surface area contributed by atoms with E-state index in [0.717, 1.165) is 23.9 Å². The molecule has 1 heterocycles. The van der Waals surface area contributed by atoms with Gasteiger partial charge in [0, 0.05) is 16.4 Å². The van der Waals surface area contributed by atoms with Crippen molar-refractivity contribution in [2.75, 3.05) is 5.75 Å². The quantitative estimate of drug-likeness (QED) is 0.846. The van der Waals surface area contributed by atoms with Crippen LogP contribution in [0.25, 0.3) is 5.69 Å². The van der Waals surface area contributed by atoms with Gasteiger partial charge in [-0.2, -0.15) is 0 Å². The molecule has 0 amide bonds. The molecule has 20 heavy (non-hydrogen) atoms. The van der Waals surface area contributed by atoms with Crippen LogP contribution in [0.4, 0.5) is 8.78 Å². The summed E-state index contributed by atoms with van der Waals surface area (Å²) in [6.45, 7) is 1.64. The fourth-order valence-electron chi connectivity index (χ4n) is 1.66. The van der Waals surface area contributed by atoms with Crippen molar-refractivity contribution in [1.82, 2.24) is 9.55 Å². The highest BCUT2D eigenvalue weighted by Crippen LogP contribution is 2.28. The summed E-state index contributed by atoms with van der Waals surface area (Å²) in [5.74, 6) is -2.78. The Morgan fingerprint density at radius 2 is 2.05 bits per heavy atom. The van der Waals surface area contributed by atoms with Gasteiger partial charge in [0.05, 0.1) is 5.75 Å². The lowest BCUT2D eigenvalue weighted by Crippen LogP contribution is -2.07. The van der Waals surface area contributed by atoms with E-state index in [9.17, 15) is 13.6 Å². The molecule has 0 fully saturated rings. The number of rotatable bonds is 4. The molecule has 106 valence electrons. The van der Waals surface area contributed by atoms with Gasteiger partial charge in [-0.15, -0.1) is 0 Å². The number of aryl methyl sites for hydroxylation is 1. The standard InChI is InChI=1S/C12H9BrF2N2O2S/c1-6-4-16-12(20-5-10(18)19)17(6)11-8(14)2-7(13)3-9(11)15/h2-4H,5H2,1H3,(H,18,19). The van der Waals surface area contributed by atoms with Crippen molar-refractivity contribution in [3.8, 4) is 5.69 Å². The summed E-state index contributed by atoms with van der Waals surface area (Å²) in [5, 5.41) is 8.90. The van der Waals surface area contributed by atoms with Gasteiger partial charge in [0.2, 0.25) is 0 Å². The summed E-state index contributed by atoms with van der Waals surface area (Å²) >= 11 is 3.91. The fourth-order valence-corrected chi connectivity index (χ4v) is 2.81. The van der Waals surface area contributed by atoms with E-state index in [-0.39, 0.29) is 21.1 Å². The monoisotopic (exact) mass is 362 g/mol. The smallest absolute Gasteiger partial charge is 0.313 e. The molecule has 0 aliphatic heterocycles. The fraction of sp³-hybridized carbons (Fsp3) is 0.167. The molecule has 0 aliphatic rings. The van der Waals surface area contributed by atoms with Crippen molar-refractivity contribution in [2.45, 2.75) is 12.1 Å². The number of hydrogen-bond donors (Lipinski definition) is 1. The van der Waals surface area contributed by atoms with Crippen molar-refractivity contribution in [2.24, 2.45) is 0 Å². The summed E-state index contributed by atoms with van der Waals surface area (Å²) in [4.78, 5) is 14.6. The predicted molar refractivity (Wildman–Crippen MR) is 74.3 cm³/mol. The maximum Gasteiger partial charge on any atom is 0.313 e. The Hall–Kier alpha value is -1.41. The zero-order valence-electron chi connectivity index (χ0n) is 10.2. The lowest BCUT2D eigenvalue weighted by Gasteiger charge is -2.11. The first-order chi connectivity index (χ1) is 9.40. The van der Waals surface area contributed by atoms with E-state index in [1.165, 1.54) is 10.8 Å². The molecular weight excluding hydrogens is 354 g/mol. The van der Waals surface area contributed by atoms with Crippen LogP contribution in [-0.2, 0) is 4.79 Å². The van der Waals surface area contributed by atoms with Crippen LogP contribution >= 0.6 is 27.7 Å². The molecule has 0 aliphatic carbocycles. The van der Waals surface area contributed by atoms with E-state index in [4.69, 9.17) is 5.11 Å². The minimum absolute atomic E-state index is 0.227. The zero-order chi connectivity index (χ0) is 14.9. The first-order valence-corrected chi connectivity index (χ1v) is 7.22. The number of benzene rings is 1. The Labute approximate surface area is 125 Å². The van der Waals surface area contributed by atoms with Gasteiger partial charge in [0.1, 0.15) is 5.69 Å². The topological polar surface area (TPSA) is 55.1 Å². The molecule has 2 rings (SSSR count). The van der Waals surface area contributed by atoms with Crippen LogP contribution in [0.2, 0.25) is 0 Å². The molecule has 8 heteroatoms. The summed E-state index contributed by atoms with van der Waals surface area (Å²) in [7, 11) is 0. The van der Waals surface area contributed by atoms with E-state index in [1.54, 1.807) is 6.92 Å². The lowest BCUT2D eigenvalue weighted by molar-refractivity contribution is -0.133. The van der Waals surface area contributed by atoms with Gasteiger partial charge in [-0.05, 0) is 19.1 Å². The number of carboxylic acid groups (broad SMARTS) is 1. The Morgan fingerprint density at radius 1 is 1.45 bits per heavy atom. The molecule has 0 saturated heterocycles. The minimum Gasteiger partial charge on any atom is -0.481 e. The summed E-state index contributed by atoms with van der Waals surface area (Å²) < 4.78 is 29.5. The number of thioether (sulfide) groups is 1. The molecule has 1 N–H and O–H groups in total. The van der Waals surface area contributed by atoms with Gasteiger partial charge >= 0.3 is 5.97 Å². The molecule has 2 aromatic rings. The van der Waals surface area contributed by atoms with Gasteiger partial charge in [-0.1, -0.05) is 27.7 Å². The normalized spacial score (nSPS) is 10.8. The number of hydrogen-bond acceptors (Lipinski definition) is 3. The van der Waals surface area contributed by atoms with Crippen LogP contribution in [0.3, 0.4) is 0 Å². The highest BCUT2D eigenvalue weighted by atomic mass is 79.9. The van der Waals surface area contributed by atoms with Crippen LogP contribution in [0.15, 0.2) is 28.0 Å². The van der Waals surface area contributed by atoms with E-state index in [0.29, 0.717) is 5.69 Å².